The van der Waals surface area contributed by atoms with E-state index in [4.69, 9.17) is 4.74 Å². The summed E-state index contributed by atoms with van der Waals surface area (Å²) < 4.78 is 5.36. The van der Waals surface area contributed by atoms with Crippen LogP contribution in [-0.4, -0.2) is 12.1 Å². The Morgan fingerprint density at radius 1 is 1.33 bits per heavy atom. The Kier molecular flexibility index (Phi) is 2.07. The quantitative estimate of drug-likeness (QED) is 0.518. The van der Waals surface area contributed by atoms with Gasteiger partial charge in [-0.15, -0.1) is 0 Å². The molecule has 1 saturated carbocycles. The highest BCUT2D eigenvalue weighted by molar-refractivity contribution is 5.70. The lowest BCUT2D eigenvalue weighted by atomic mass is 9.76. The van der Waals surface area contributed by atoms with Crippen molar-refractivity contribution < 1.29 is 9.53 Å². The monoisotopic (exact) mass is 168 g/mol. The van der Waals surface area contributed by atoms with Crippen LogP contribution in [0, 0.1) is 11.8 Å². The number of ether oxygens (including phenoxy) is 1. The molecule has 2 nitrogen and oxygen atoms in total. The van der Waals surface area contributed by atoms with Crippen molar-refractivity contribution >= 4 is 5.97 Å². The molecule has 2 aliphatic rings. The Labute approximate surface area is 73.3 Å². The summed E-state index contributed by atoms with van der Waals surface area (Å²) in [6.07, 6.45) is 5.78. The van der Waals surface area contributed by atoms with E-state index in [0.717, 1.165) is 6.42 Å². The lowest BCUT2D eigenvalue weighted by molar-refractivity contribution is -0.165. The smallest absolute Gasteiger partial charge is 0.306 e. The topological polar surface area (TPSA) is 26.3 Å². The van der Waals surface area contributed by atoms with E-state index in [1.807, 2.05) is 0 Å². The summed E-state index contributed by atoms with van der Waals surface area (Å²) in [6.45, 7) is 2.20. The van der Waals surface area contributed by atoms with Crippen LogP contribution in [0.3, 0.4) is 0 Å². The fourth-order valence-electron chi connectivity index (χ4n) is 2.53. The summed E-state index contributed by atoms with van der Waals surface area (Å²) in [5, 5.41) is 0. The number of carbonyl (C=O) groups excluding carboxylic acids is 1. The highest BCUT2D eigenvalue weighted by Crippen LogP contribution is 2.37. The maximum atomic E-state index is 11.0. The van der Waals surface area contributed by atoms with E-state index in [1.165, 1.54) is 19.3 Å². The summed E-state index contributed by atoms with van der Waals surface area (Å²) in [4.78, 5) is 11.0. The molecule has 1 aliphatic carbocycles. The van der Waals surface area contributed by atoms with Gasteiger partial charge in [0.2, 0.25) is 0 Å². The Hall–Kier alpha value is -0.530. The second kappa shape index (κ2) is 3.08. The van der Waals surface area contributed by atoms with Gasteiger partial charge in [0.05, 0.1) is 0 Å². The first-order valence-corrected chi connectivity index (χ1v) is 4.97. The predicted octanol–water partition coefficient (Wildman–Crippen LogP) is 2.13. The van der Waals surface area contributed by atoms with Gasteiger partial charge in [-0.3, -0.25) is 4.79 Å². The molecule has 1 heterocycles. The van der Waals surface area contributed by atoms with Crippen molar-refractivity contribution in [2.24, 2.45) is 11.8 Å². The maximum Gasteiger partial charge on any atom is 0.306 e. The van der Waals surface area contributed by atoms with Gasteiger partial charge in [-0.1, -0.05) is 13.3 Å². The van der Waals surface area contributed by atoms with Crippen molar-refractivity contribution in [1.29, 1.82) is 0 Å². The molecule has 2 fully saturated rings. The minimum absolute atomic E-state index is 0.0185. The normalized spacial score (nSPS) is 41.8. The standard InChI is InChI=1S/C10H16O2/c1-7-3-2-4-8-5-6-9(11)12-10(7)8/h7-8,10H,2-6H2,1H3. The van der Waals surface area contributed by atoms with Crippen LogP contribution in [0.25, 0.3) is 0 Å². The molecule has 2 rings (SSSR count). The zero-order chi connectivity index (χ0) is 8.55. The number of hydrogen-bond donors (Lipinski definition) is 0. The van der Waals surface area contributed by atoms with Gasteiger partial charge in [-0.2, -0.15) is 0 Å². The summed E-state index contributed by atoms with van der Waals surface area (Å²) in [5.41, 5.74) is 0. The molecular formula is C10H16O2. The SMILES string of the molecule is CC1CCCC2CCC(=O)OC12. The van der Waals surface area contributed by atoms with Crippen molar-refractivity contribution in [3.05, 3.63) is 0 Å². The molecule has 0 radical (unpaired) electrons. The largest absolute Gasteiger partial charge is 0.462 e. The third-order valence-electron chi connectivity index (χ3n) is 3.25. The molecule has 12 heavy (non-hydrogen) atoms. The molecule has 0 aromatic carbocycles. The molecule has 0 spiro atoms. The molecule has 1 saturated heterocycles. The average molecular weight is 168 g/mol. The molecule has 0 amide bonds. The number of rotatable bonds is 0. The zero-order valence-electron chi connectivity index (χ0n) is 7.58. The first-order valence-electron chi connectivity index (χ1n) is 4.97. The highest BCUT2D eigenvalue weighted by Gasteiger charge is 2.36. The number of fused-ring (bicyclic) bond motifs is 1. The minimum Gasteiger partial charge on any atom is -0.462 e. The van der Waals surface area contributed by atoms with Gasteiger partial charge in [0.25, 0.3) is 0 Å². The van der Waals surface area contributed by atoms with Crippen molar-refractivity contribution in [1.82, 2.24) is 0 Å². The first kappa shape index (κ1) is 8.09. The van der Waals surface area contributed by atoms with E-state index in [1.54, 1.807) is 0 Å². The highest BCUT2D eigenvalue weighted by atomic mass is 16.5. The Bertz CT molecular complexity index is 188. The van der Waals surface area contributed by atoms with Gasteiger partial charge in [0.15, 0.2) is 0 Å². The van der Waals surface area contributed by atoms with Crippen LogP contribution in [0.1, 0.15) is 39.0 Å². The number of hydrogen-bond acceptors (Lipinski definition) is 2. The second-order valence-electron chi connectivity index (χ2n) is 4.16. The third-order valence-corrected chi connectivity index (χ3v) is 3.25. The minimum atomic E-state index is 0.0185. The molecule has 2 heteroatoms. The summed E-state index contributed by atoms with van der Waals surface area (Å²) in [7, 11) is 0. The van der Waals surface area contributed by atoms with Crippen molar-refractivity contribution in [3.63, 3.8) is 0 Å². The van der Waals surface area contributed by atoms with E-state index in [-0.39, 0.29) is 12.1 Å². The second-order valence-corrected chi connectivity index (χ2v) is 4.16. The molecule has 1 aliphatic heterocycles. The molecular weight excluding hydrogens is 152 g/mol. The molecule has 0 aromatic heterocycles. The van der Waals surface area contributed by atoms with E-state index >= 15 is 0 Å². The third kappa shape index (κ3) is 1.35. The van der Waals surface area contributed by atoms with E-state index in [9.17, 15) is 4.79 Å². The van der Waals surface area contributed by atoms with Crippen LogP contribution in [-0.2, 0) is 9.53 Å². The molecule has 0 aromatic rings. The van der Waals surface area contributed by atoms with Crippen LogP contribution >= 0.6 is 0 Å². The van der Waals surface area contributed by atoms with Gasteiger partial charge in [0, 0.05) is 6.42 Å². The van der Waals surface area contributed by atoms with Gasteiger partial charge >= 0.3 is 5.97 Å². The van der Waals surface area contributed by atoms with Gasteiger partial charge in [-0.25, -0.2) is 0 Å². The number of carbonyl (C=O) groups is 1. The molecule has 0 bridgehead atoms. The van der Waals surface area contributed by atoms with E-state index < -0.39 is 0 Å². The first-order chi connectivity index (χ1) is 5.77. The Morgan fingerprint density at radius 3 is 3.00 bits per heavy atom. The van der Waals surface area contributed by atoms with Crippen LogP contribution in [0.5, 0.6) is 0 Å². The molecule has 68 valence electrons. The summed E-state index contributed by atoms with van der Waals surface area (Å²) in [5.74, 6) is 1.28. The lowest BCUT2D eigenvalue weighted by Gasteiger charge is -2.38. The van der Waals surface area contributed by atoms with E-state index in [0.29, 0.717) is 18.3 Å². The number of esters is 1. The van der Waals surface area contributed by atoms with Gasteiger partial charge < -0.3 is 4.74 Å². The fourth-order valence-corrected chi connectivity index (χ4v) is 2.53. The molecule has 3 atom stereocenters. The molecule has 3 unspecified atom stereocenters. The van der Waals surface area contributed by atoms with Crippen LogP contribution in [0.4, 0.5) is 0 Å². The molecule has 0 N–H and O–H groups in total. The van der Waals surface area contributed by atoms with E-state index in [2.05, 4.69) is 6.92 Å². The lowest BCUT2D eigenvalue weighted by Crippen LogP contribution is -2.39. The van der Waals surface area contributed by atoms with Gasteiger partial charge in [0.1, 0.15) is 6.10 Å². The predicted molar refractivity (Wildman–Crippen MR) is 45.6 cm³/mol. The van der Waals surface area contributed by atoms with Crippen LogP contribution in [0.2, 0.25) is 0 Å². The Morgan fingerprint density at radius 2 is 2.17 bits per heavy atom. The maximum absolute atomic E-state index is 11.0. The average Bonchev–Trinajstić information content (AvgIpc) is 2.07. The fraction of sp³-hybridized carbons (Fsp3) is 0.900. The summed E-state index contributed by atoms with van der Waals surface area (Å²) >= 11 is 0. The van der Waals surface area contributed by atoms with Gasteiger partial charge in [-0.05, 0) is 31.1 Å². The Balaban J connectivity index is 2.05. The summed E-state index contributed by atoms with van der Waals surface area (Å²) in [6, 6.07) is 0. The van der Waals surface area contributed by atoms with Crippen LogP contribution in [0.15, 0.2) is 0 Å². The van der Waals surface area contributed by atoms with Crippen molar-refractivity contribution in [2.45, 2.75) is 45.1 Å². The zero-order valence-corrected chi connectivity index (χ0v) is 7.58. The van der Waals surface area contributed by atoms with Crippen molar-refractivity contribution in [3.8, 4) is 0 Å². The van der Waals surface area contributed by atoms with Crippen LogP contribution < -0.4 is 0 Å². The van der Waals surface area contributed by atoms with Crippen molar-refractivity contribution in [2.75, 3.05) is 0 Å².